The first-order valence-electron chi connectivity index (χ1n) is 4.45. The Bertz CT molecular complexity index is 543. The summed E-state index contributed by atoms with van der Waals surface area (Å²) in [5, 5.41) is 0.775. The van der Waals surface area contributed by atoms with Gasteiger partial charge in [0, 0.05) is 11.6 Å². The topological polar surface area (TPSA) is 30.0 Å². The van der Waals surface area contributed by atoms with E-state index >= 15 is 0 Å². The fourth-order valence-corrected chi connectivity index (χ4v) is 1.43. The van der Waals surface area contributed by atoms with Crippen molar-refractivity contribution in [1.82, 2.24) is 4.98 Å². The molecule has 0 spiro atoms. The maximum Gasteiger partial charge on any atom is 0.456 e. The van der Waals surface area contributed by atoms with Crippen molar-refractivity contribution in [3.8, 4) is 0 Å². The van der Waals surface area contributed by atoms with E-state index in [4.69, 9.17) is 0 Å². The van der Waals surface area contributed by atoms with Crippen molar-refractivity contribution in [3.05, 3.63) is 42.2 Å². The molecule has 1 heterocycles. The summed E-state index contributed by atoms with van der Waals surface area (Å²) in [6, 6.07) is 7.88. The highest BCUT2D eigenvalue weighted by molar-refractivity contribution is 6.08. The molecule has 2 rings (SSSR count). The molecule has 1 aromatic heterocycles. The number of hydrogen-bond donors (Lipinski definition) is 0. The van der Waals surface area contributed by atoms with Crippen molar-refractivity contribution >= 4 is 16.6 Å². The molecule has 16 heavy (non-hydrogen) atoms. The van der Waals surface area contributed by atoms with Crippen LogP contribution in [-0.2, 0) is 0 Å². The molecular formula is C11H6F3NO. The van der Waals surface area contributed by atoms with E-state index in [1.54, 1.807) is 24.3 Å². The van der Waals surface area contributed by atoms with Gasteiger partial charge >= 0.3 is 6.18 Å². The molecule has 0 aliphatic heterocycles. The highest BCUT2D eigenvalue weighted by Gasteiger charge is 2.40. The normalized spacial score (nSPS) is 11.7. The number of carbonyl (C=O) groups is 1. The average molecular weight is 225 g/mol. The van der Waals surface area contributed by atoms with Crippen LogP contribution in [0.4, 0.5) is 13.2 Å². The molecule has 0 aliphatic rings. The van der Waals surface area contributed by atoms with Gasteiger partial charge in [-0.05, 0) is 11.5 Å². The van der Waals surface area contributed by atoms with E-state index in [0.717, 1.165) is 0 Å². The summed E-state index contributed by atoms with van der Waals surface area (Å²) in [5.41, 5.74) is -0.550. The number of hydrogen-bond acceptors (Lipinski definition) is 2. The smallest absolute Gasteiger partial charge is 0.282 e. The largest absolute Gasteiger partial charge is 0.456 e. The molecule has 0 atom stereocenters. The van der Waals surface area contributed by atoms with Crippen LogP contribution in [0.2, 0.25) is 0 Å². The van der Waals surface area contributed by atoms with Gasteiger partial charge in [0.05, 0.1) is 0 Å². The Morgan fingerprint density at radius 2 is 1.81 bits per heavy atom. The first kappa shape index (κ1) is 10.6. The zero-order valence-electron chi connectivity index (χ0n) is 7.95. The third kappa shape index (κ3) is 1.76. The van der Waals surface area contributed by atoms with E-state index in [9.17, 15) is 18.0 Å². The van der Waals surface area contributed by atoms with E-state index in [1.165, 1.54) is 12.3 Å². The van der Waals surface area contributed by atoms with E-state index in [-0.39, 0.29) is 5.39 Å². The lowest BCUT2D eigenvalue weighted by atomic mass is 10.1. The van der Waals surface area contributed by atoms with Gasteiger partial charge in [-0.3, -0.25) is 9.78 Å². The first-order chi connectivity index (χ1) is 7.50. The Kier molecular flexibility index (Phi) is 2.38. The van der Waals surface area contributed by atoms with Crippen molar-refractivity contribution in [2.75, 3.05) is 0 Å². The number of carbonyl (C=O) groups excluding carboxylic acids is 1. The monoisotopic (exact) mass is 225 g/mol. The van der Waals surface area contributed by atoms with E-state index < -0.39 is 17.7 Å². The van der Waals surface area contributed by atoms with Crippen LogP contribution >= 0.6 is 0 Å². The van der Waals surface area contributed by atoms with Gasteiger partial charge in [0.1, 0.15) is 5.69 Å². The van der Waals surface area contributed by atoms with Crippen LogP contribution < -0.4 is 0 Å². The molecule has 0 saturated heterocycles. The number of nitrogens with zero attached hydrogens (tertiary/aromatic N) is 1. The lowest BCUT2D eigenvalue weighted by Crippen LogP contribution is -2.24. The van der Waals surface area contributed by atoms with Gasteiger partial charge in [-0.25, -0.2) is 0 Å². The number of halogens is 3. The Morgan fingerprint density at radius 1 is 1.12 bits per heavy atom. The number of pyridine rings is 1. The van der Waals surface area contributed by atoms with Crippen LogP contribution in [0.1, 0.15) is 10.5 Å². The molecule has 0 N–H and O–H groups in total. The molecule has 0 saturated carbocycles. The van der Waals surface area contributed by atoms with E-state index in [2.05, 4.69) is 4.98 Å². The Labute approximate surface area is 88.7 Å². The lowest BCUT2D eigenvalue weighted by Gasteiger charge is -2.06. The van der Waals surface area contributed by atoms with Crippen LogP contribution in [0.3, 0.4) is 0 Å². The van der Waals surface area contributed by atoms with Crippen LogP contribution in [0.15, 0.2) is 36.5 Å². The summed E-state index contributed by atoms with van der Waals surface area (Å²) in [6.07, 6.45) is -3.70. The highest BCUT2D eigenvalue weighted by Crippen LogP contribution is 2.25. The quantitative estimate of drug-likeness (QED) is 0.698. The molecule has 82 valence electrons. The van der Waals surface area contributed by atoms with Gasteiger partial charge in [0.25, 0.3) is 5.78 Å². The summed E-state index contributed by atoms with van der Waals surface area (Å²) >= 11 is 0. The van der Waals surface area contributed by atoms with Gasteiger partial charge in [-0.1, -0.05) is 24.3 Å². The highest BCUT2D eigenvalue weighted by atomic mass is 19.4. The molecule has 0 bridgehead atoms. The number of Topliss-reactive ketones (excluding diaryl/α,β-unsaturated/α-hetero) is 1. The van der Waals surface area contributed by atoms with E-state index in [0.29, 0.717) is 5.39 Å². The van der Waals surface area contributed by atoms with Gasteiger partial charge in [-0.2, -0.15) is 13.2 Å². The number of aromatic nitrogens is 1. The van der Waals surface area contributed by atoms with Crippen molar-refractivity contribution in [2.24, 2.45) is 0 Å². The summed E-state index contributed by atoms with van der Waals surface area (Å²) in [6.45, 7) is 0. The zero-order valence-corrected chi connectivity index (χ0v) is 7.95. The zero-order chi connectivity index (χ0) is 11.8. The van der Waals surface area contributed by atoms with Gasteiger partial charge in [-0.15, -0.1) is 0 Å². The molecule has 0 aliphatic carbocycles. The molecule has 2 aromatic rings. The number of rotatable bonds is 1. The van der Waals surface area contributed by atoms with Gasteiger partial charge in [0.15, 0.2) is 0 Å². The minimum absolute atomic E-state index is 0.215. The van der Waals surface area contributed by atoms with Crippen LogP contribution in [0.5, 0.6) is 0 Å². The Balaban J connectivity index is 2.66. The third-order valence-electron chi connectivity index (χ3n) is 2.15. The second-order valence-corrected chi connectivity index (χ2v) is 3.21. The molecule has 2 nitrogen and oxygen atoms in total. The molecule has 0 unspecified atom stereocenters. The molecule has 0 amide bonds. The lowest BCUT2D eigenvalue weighted by molar-refractivity contribution is -0.0887. The summed E-state index contributed by atoms with van der Waals surface area (Å²) in [5.74, 6) is -1.91. The van der Waals surface area contributed by atoms with Crippen molar-refractivity contribution < 1.29 is 18.0 Å². The first-order valence-corrected chi connectivity index (χ1v) is 4.45. The number of ketones is 1. The maximum atomic E-state index is 12.3. The number of benzene rings is 1. The molecule has 1 aromatic carbocycles. The predicted octanol–water partition coefficient (Wildman–Crippen LogP) is 2.98. The summed E-state index contributed by atoms with van der Waals surface area (Å²) < 4.78 is 36.8. The number of alkyl halides is 3. The fraction of sp³-hybridized carbons (Fsp3) is 0.0909. The van der Waals surface area contributed by atoms with Crippen molar-refractivity contribution in [1.29, 1.82) is 0 Å². The van der Waals surface area contributed by atoms with Crippen LogP contribution in [-0.4, -0.2) is 16.9 Å². The fourth-order valence-electron chi connectivity index (χ4n) is 1.43. The molecule has 5 heteroatoms. The second kappa shape index (κ2) is 3.59. The minimum Gasteiger partial charge on any atom is -0.282 e. The van der Waals surface area contributed by atoms with Crippen molar-refractivity contribution in [3.63, 3.8) is 0 Å². The Morgan fingerprint density at radius 3 is 2.50 bits per heavy atom. The molecule has 0 fully saturated rings. The summed E-state index contributed by atoms with van der Waals surface area (Å²) in [7, 11) is 0. The SMILES string of the molecule is O=C(c1nccc2ccccc12)C(F)(F)F. The second-order valence-electron chi connectivity index (χ2n) is 3.21. The Hall–Kier alpha value is -1.91. The van der Waals surface area contributed by atoms with Gasteiger partial charge in [0.2, 0.25) is 0 Å². The third-order valence-corrected chi connectivity index (χ3v) is 2.15. The average Bonchev–Trinajstić information content (AvgIpc) is 2.26. The molecular weight excluding hydrogens is 219 g/mol. The predicted molar refractivity (Wildman–Crippen MR) is 52.1 cm³/mol. The summed E-state index contributed by atoms with van der Waals surface area (Å²) in [4.78, 5) is 14.6. The minimum atomic E-state index is -4.89. The van der Waals surface area contributed by atoms with Gasteiger partial charge < -0.3 is 0 Å². The van der Waals surface area contributed by atoms with E-state index in [1.807, 2.05) is 0 Å². The maximum absolute atomic E-state index is 12.3. The standard InChI is InChI=1S/C11H6F3NO/c12-11(13,14)10(16)9-8-4-2-1-3-7(8)5-6-15-9/h1-6H. The van der Waals surface area contributed by atoms with Crippen LogP contribution in [0, 0.1) is 0 Å². The molecule has 0 radical (unpaired) electrons. The van der Waals surface area contributed by atoms with Crippen molar-refractivity contribution in [2.45, 2.75) is 6.18 Å². The number of fused-ring (bicyclic) bond motifs is 1. The van der Waals surface area contributed by atoms with Crippen LogP contribution in [0.25, 0.3) is 10.8 Å².